The fraction of sp³-hybridized carbons (Fsp3) is 0.300. The number of methoxy groups -OCH3 is 2. The summed E-state index contributed by atoms with van der Waals surface area (Å²) in [4.78, 5) is 27.4. The van der Waals surface area contributed by atoms with Crippen LogP contribution in [0.25, 0.3) is 0 Å². The summed E-state index contributed by atoms with van der Waals surface area (Å²) in [6.07, 6.45) is -0.394. The van der Waals surface area contributed by atoms with Crippen LogP contribution in [-0.2, 0) is 10.4 Å². The van der Waals surface area contributed by atoms with Gasteiger partial charge in [-0.3, -0.25) is 9.59 Å². The third kappa shape index (κ3) is 3.21. The molecule has 142 valence electrons. The lowest BCUT2D eigenvalue weighted by atomic mass is 9.88. The number of ether oxygens (including phenoxy) is 2. The minimum atomic E-state index is -1.93. The van der Waals surface area contributed by atoms with E-state index in [-0.39, 0.29) is 5.56 Å². The minimum Gasteiger partial charge on any atom is -0.497 e. The number of halogens is 1. The van der Waals surface area contributed by atoms with Crippen molar-refractivity contribution < 1.29 is 24.2 Å². The zero-order valence-corrected chi connectivity index (χ0v) is 16.9. The van der Waals surface area contributed by atoms with Crippen molar-refractivity contribution >= 4 is 33.3 Å². The molecule has 2 aromatic carbocycles. The molecule has 1 heterocycles. The molecule has 2 aromatic rings. The van der Waals surface area contributed by atoms with Gasteiger partial charge in [-0.1, -0.05) is 15.9 Å². The minimum absolute atomic E-state index is 0.254. The molecule has 27 heavy (non-hydrogen) atoms. The lowest BCUT2D eigenvalue weighted by Gasteiger charge is -2.22. The van der Waals surface area contributed by atoms with E-state index in [0.717, 1.165) is 4.47 Å². The number of nitrogens with zero attached hydrogens (tertiary/aromatic N) is 1. The van der Waals surface area contributed by atoms with Gasteiger partial charge in [-0.2, -0.15) is 0 Å². The average Bonchev–Trinajstić information content (AvgIpc) is 2.87. The van der Waals surface area contributed by atoms with Crippen molar-refractivity contribution in [3.63, 3.8) is 0 Å². The molecule has 0 saturated carbocycles. The summed E-state index contributed by atoms with van der Waals surface area (Å²) in [5.41, 5.74) is -0.651. The number of carbonyl (C=O) groups is 2. The second-order valence-corrected chi connectivity index (χ2v) is 7.15. The van der Waals surface area contributed by atoms with Crippen molar-refractivity contribution in [2.75, 3.05) is 25.7 Å². The molecule has 0 fully saturated rings. The molecule has 7 heteroatoms. The van der Waals surface area contributed by atoms with Crippen LogP contribution in [-0.4, -0.2) is 37.6 Å². The van der Waals surface area contributed by atoms with Crippen LogP contribution in [0.15, 0.2) is 40.9 Å². The van der Waals surface area contributed by atoms with Gasteiger partial charge in [-0.05, 0) is 43.3 Å². The highest BCUT2D eigenvalue weighted by Crippen LogP contribution is 2.44. The van der Waals surface area contributed by atoms with E-state index in [4.69, 9.17) is 9.47 Å². The molecule has 0 spiro atoms. The molecule has 1 N–H and O–H groups in total. The number of likely N-dealkylation sites (N-methyl/N-ethyl adjacent to an activating group) is 1. The maximum absolute atomic E-state index is 13.0. The van der Waals surface area contributed by atoms with Crippen LogP contribution in [0.1, 0.15) is 29.3 Å². The van der Waals surface area contributed by atoms with Crippen molar-refractivity contribution in [1.29, 1.82) is 0 Å². The van der Waals surface area contributed by atoms with Crippen LogP contribution in [0.2, 0.25) is 0 Å². The van der Waals surface area contributed by atoms with Gasteiger partial charge in [0.05, 0.1) is 31.9 Å². The topological polar surface area (TPSA) is 76.1 Å². The third-order valence-electron chi connectivity index (χ3n) is 4.73. The van der Waals surface area contributed by atoms with Gasteiger partial charge in [-0.15, -0.1) is 0 Å². The molecule has 3 rings (SSSR count). The predicted molar refractivity (Wildman–Crippen MR) is 105 cm³/mol. The number of carbonyl (C=O) groups excluding carboxylic acids is 2. The molecular formula is C20H20BrNO5. The smallest absolute Gasteiger partial charge is 0.264 e. The Morgan fingerprint density at radius 1 is 1.19 bits per heavy atom. The maximum Gasteiger partial charge on any atom is 0.264 e. The Hall–Kier alpha value is -2.38. The van der Waals surface area contributed by atoms with Crippen LogP contribution >= 0.6 is 15.9 Å². The van der Waals surface area contributed by atoms with Gasteiger partial charge in [-0.25, -0.2) is 0 Å². The van der Waals surface area contributed by atoms with E-state index in [1.807, 2.05) is 6.92 Å². The fourth-order valence-electron chi connectivity index (χ4n) is 3.37. The van der Waals surface area contributed by atoms with Gasteiger partial charge in [0.1, 0.15) is 11.5 Å². The Labute approximate surface area is 165 Å². The summed E-state index contributed by atoms with van der Waals surface area (Å²) < 4.78 is 11.2. The zero-order chi connectivity index (χ0) is 19.8. The van der Waals surface area contributed by atoms with E-state index in [1.54, 1.807) is 36.4 Å². The third-order valence-corrected chi connectivity index (χ3v) is 5.23. The normalized spacial score (nSPS) is 18.4. The standard InChI is InChI=1S/C20H20BrNO5/c1-4-22-16-7-5-12(21)9-15(16)20(25,19(22)24)11-17(23)14-10-13(26-2)6-8-18(14)27-3/h5-10,25H,4,11H2,1-3H3/t20-/m1/s1. The quantitative estimate of drug-likeness (QED) is 0.707. The van der Waals surface area contributed by atoms with Crippen molar-refractivity contribution in [2.45, 2.75) is 18.9 Å². The second kappa shape index (κ2) is 7.32. The van der Waals surface area contributed by atoms with Gasteiger partial charge >= 0.3 is 0 Å². The Balaban J connectivity index is 2.04. The molecule has 0 radical (unpaired) electrons. The molecule has 0 saturated heterocycles. The Bertz CT molecular complexity index is 913. The monoisotopic (exact) mass is 433 g/mol. The van der Waals surface area contributed by atoms with Gasteiger partial charge in [0.2, 0.25) is 0 Å². The van der Waals surface area contributed by atoms with Gasteiger partial charge in [0.15, 0.2) is 11.4 Å². The first-order valence-corrected chi connectivity index (χ1v) is 9.24. The largest absolute Gasteiger partial charge is 0.497 e. The van der Waals surface area contributed by atoms with E-state index in [9.17, 15) is 14.7 Å². The number of Topliss-reactive ketones (excluding diaryl/α,β-unsaturated/α-hetero) is 1. The number of rotatable bonds is 6. The number of ketones is 1. The average molecular weight is 434 g/mol. The highest BCUT2D eigenvalue weighted by Gasteiger charge is 2.50. The first kappa shape index (κ1) is 19.4. The number of amides is 1. The summed E-state index contributed by atoms with van der Waals surface area (Å²) >= 11 is 3.37. The predicted octanol–water partition coefficient (Wildman–Crippen LogP) is 3.29. The number of fused-ring (bicyclic) bond motifs is 1. The molecule has 0 aromatic heterocycles. The maximum atomic E-state index is 13.0. The number of benzene rings is 2. The summed E-state index contributed by atoms with van der Waals surface area (Å²) in [6.45, 7) is 2.22. The van der Waals surface area contributed by atoms with E-state index >= 15 is 0 Å². The molecule has 0 bridgehead atoms. The summed E-state index contributed by atoms with van der Waals surface area (Å²) in [5, 5.41) is 11.3. The van der Waals surface area contributed by atoms with Gasteiger partial charge < -0.3 is 19.5 Å². The highest BCUT2D eigenvalue weighted by atomic mass is 79.9. The van der Waals surface area contributed by atoms with Crippen molar-refractivity contribution in [1.82, 2.24) is 0 Å². The number of hydrogen-bond donors (Lipinski definition) is 1. The van der Waals surface area contributed by atoms with E-state index in [2.05, 4.69) is 15.9 Å². The lowest BCUT2D eigenvalue weighted by Crippen LogP contribution is -2.41. The fourth-order valence-corrected chi connectivity index (χ4v) is 3.73. The SMILES string of the molecule is CCN1C(=O)[C@@](O)(CC(=O)c2cc(OC)ccc2OC)c2cc(Br)ccc21. The number of hydrogen-bond acceptors (Lipinski definition) is 5. The molecule has 1 amide bonds. The molecule has 6 nitrogen and oxygen atoms in total. The van der Waals surface area contributed by atoms with E-state index in [0.29, 0.717) is 29.3 Å². The van der Waals surface area contributed by atoms with Gasteiger partial charge in [0.25, 0.3) is 5.91 Å². The van der Waals surface area contributed by atoms with Crippen LogP contribution in [0, 0.1) is 0 Å². The van der Waals surface area contributed by atoms with Crippen molar-refractivity contribution in [2.24, 2.45) is 0 Å². The van der Waals surface area contributed by atoms with Crippen molar-refractivity contribution in [3.8, 4) is 11.5 Å². The number of anilines is 1. The summed E-state index contributed by atoms with van der Waals surface area (Å²) in [7, 11) is 2.95. The van der Waals surface area contributed by atoms with Crippen LogP contribution in [0.3, 0.4) is 0 Å². The number of aliphatic hydroxyl groups is 1. The molecule has 1 atom stereocenters. The molecule has 1 aliphatic rings. The molecule has 0 aliphatic carbocycles. The van der Waals surface area contributed by atoms with E-state index in [1.165, 1.54) is 19.1 Å². The zero-order valence-electron chi connectivity index (χ0n) is 15.3. The Kier molecular flexibility index (Phi) is 5.26. The van der Waals surface area contributed by atoms with Crippen molar-refractivity contribution in [3.05, 3.63) is 52.0 Å². The first-order chi connectivity index (χ1) is 12.8. The molecule has 1 aliphatic heterocycles. The molecular weight excluding hydrogens is 414 g/mol. The Morgan fingerprint density at radius 3 is 2.56 bits per heavy atom. The second-order valence-electron chi connectivity index (χ2n) is 6.24. The molecule has 0 unspecified atom stereocenters. The van der Waals surface area contributed by atoms with Crippen LogP contribution in [0.5, 0.6) is 11.5 Å². The summed E-state index contributed by atoms with van der Waals surface area (Å²) in [5.74, 6) is -0.0716. The first-order valence-electron chi connectivity index (χ1n) is 8.45. The highest BCUT2D eigenvalue weighted by molar-refractivity contribution is 9.10. The van der Waals surface area contributed by atoms with E-state index < -0.39 is 23.7 Å². The van der Waals surface area contributed by atoms with Crippen LogP contribution in [0.4, 0.5) is 5.69 Å². The van der Waals surface area contributed by atoms with Crippen LogP contribution < -0.4 is 14.4 Å². The summed E-state index contributed by atoms with van der Waals surface area (Å²) in [6, 6.07) is 10.1. The lowest BCUT2D eigenvalue weighted by molar-refractivity contribution is -0.135. The Morgan fingerprint density at radius 2 is 1.93 bits per heavy atom. The van der Waals surface area contributed by atoms with Gasteiger partial charge in [0, 0.05) is 16.6 Å².